The number of nitrogens with one attached hydrogen (secondary N) is 1. The van der Waals surface area contributed by atoms with E-state index in [-0.39, 0.29) is 5.91 Å². The Balaban J connectivity index is 2.10. The molecule has 0 aliphatic rings. The molecule has 2 rings (SSSR count). The Morgan fingerprint density at radius 2 is 1.92 bits per heavy atom. The van der Waals surface area contributed by atoms with E-state index in [0.29, 0.717) is 18.0 Å². The van der Waals surface area contributed by atoms with Crippen LogP contribution < -0.4 is 10.1 Å². The zero-order valence-electron chi connectivity index (χ0n) is 14.1. The number of rotatable bonds is 7. The minimum atomic E-state index is -0.0518. The first-order valence-electron chi connectivity index (χ1n) is 7.83. The number of carbonyl (C=O) groups excluding carboxylic acids is 1. The van der Waals surface area contributed by atoms with E-state index in [4.69, 9.17) is 16.3 Å². The molecule has 0 heterocycles. The summed E-state index contributed by atoms with van der Waals surface area (Å²) in [6, 6.07) is 13.3. The minimum absolute atomic E-state index is 0.0518. The van der Waals surface area contributed by atoms with E-state index in [1.54, 1.807) is 24.9 Å². The molecule has 1 amide bonds. The molecule has 2 aromatic rings. The van der Waals surface area contributed by atoms with E-state index < -0.39 is 0 Å². The van der Waals surface area contributed by atoms with E-state index in [1.165, 1.54) is 0 Å². The summed E-state index contributed by atoms with van der Waals surface area (Å²) in [5, 5.41) is 3.66. The van der Waals surface area contributed by atoms with E-state index in [1.807, 2.05) is 36.4 Å². The van der Waals surface area contributed by atoms with Gasteiger partial charge in [0.2, 0.25) is 0 Å². The first-order chi connectivity index (χ1) is 11.5. The molecule has 0 saturated carbocycles. The molecule has 0 radical (unpaired) electrons. The van der Waals surface area contributed by atoms with Crippen molar-refractivity contribution in [2.24, 2.45) is 5.92 Å². The van der Waals surface area contributed by atoms with Gasteiger partial charge >= 0.3 is 0 Å². The summed E-state index contributed by atoms with van der Waals surface area (Å²) in [7, 11) is 1.64. The Morgan fingerprint density at radius 3 is 2.54 bits per heavy atom. The van der Waals surface area contributed by atoms with Crippen molar-refractivity contribution in [3.63, 3.8) is 0 Å². The lowest BCUT2D eigenvalue weighted by Crippen LogP contribution is -2.27. The van der Waals surface area contributed by atoms with Crippen LogP contribution in [0.15, 0.2) is 47.4 Å². The smallest absolute Gasteiger partial charge is 0.251 e. The lowest BCUT2D eigenvalue weighted by molar-refractivity contribution is 0.0949. The maximum atomic E-state index is 12.2. The summed E-state index contributed by atoms with van der Waals surface area (Å²) in [5.41, 5.74) is 1.65. The van der Waals surface area contributed by atoms with Gasteiger partial charge in [0, 0.05) is 33.3 Å². The van der Waals surface area contributed by atoms with Crippen LogP contribution in [0, 0.1) is 5.92 Å². The van der Waals surface area contributed by atoms with Gasteiger partial charge in [-0.05, 0) is 48.4 Å². The zero-order chi connectivity index (χ0) is 17.5. The van der Waals surface area contributed by atoms with E-state index in [9.17, 15) is 4.79 Å². The summed E-state index contributed by atoms with van der Waals surface area (Å²) < 4.78 is 5.42. The van der Waals surface area contributed by atoms with Gasteiger partial charge in [-0.1, -0.05) is 25.4 Å². The molecule has 0 saturated heterocycles. The van der Waals surface area contributed by atoms with Crippen molar-refractivity contribution in [1.29, 1.82) is 0 Å². The number of hydrogen-bond acceptors (Lipinski definition) is 3. The van der Waals surface area contributed by atoms with Crippen molar-refractivity contribution in [2.75, 3.05) is 13.7 Å². The van der Waals surface area contributed by atoms with Gasteiger partial charge in [0.05, 0.1) is 7.11 Å². The highest BCUT2D eigenvalue weighted by Crippen LogP contribution is 2.29. The van der Waals surface area contributed by atoms with Gasteiger partial charge in [-0.2, -0.15) is 0 Å². The van der Waals surface area contributed by atoms with Crippen molar-refractivity contribution in [3.05, 3.63) is 58.6 Å². The molecular weight excluding hydrogens is 342 g/mol. The Morgan fingerprint density at radius 1 is 1.21 bits per heavy atom. The molecule has 2 aromatic carbocycles. The van der Waals surface area contributed by atoms with Crippen LogP contribution in [0.5, 0.6) is 5.75 Å². The zero-order valence-corrected chi connectivity index (χ0v) is 15.7. The summed E-state index contributed by atoms with van der Waals surface area (Å²) in [6.45, 7) is 4.81. The lowest BCUT2D eigenvalue weighted by Gasteiger charge is -2.12. The summed E-state index contributed by atoms with van der Waals surface area (Å²) in [5.74, 6) is 1.88. The van der Waals surface area contributed by atoms with Crippen LogP contribution in [-0.2, 0) is 5.75 Å². The van der Waals surface area contributed by atoms with Gasteiger partial charge in [-0.15, -0.1) is 11.8 Å². The predicted molar refractivity (Wildman–Crippen MR) is 101 cm³/mol. The number of methoxy groups -OCH3 is 1. The number of ether oxygens (including phenoxy) is 1. The Labute approximate surface area is 152 Å². The fraction of sp³-hybridized carbons (Fsp3) is 0.316. The Bertz CT molecular complexity index is 686. The van der Waals surface area contributed by atoms with E-state index >= 15 is 0 Å². The molecule has 1 N–H and O–H groups in total. The van der Waals surface area contributed by atoms with Crippen LogP contribution in [0.2, 0.25) is 5.02 Å². The second kappa shape index (κ2) is 9.00. The Hall–Kier alpha value is -1.65. The number of hydrogen-bond donors (Lipinski definition) is 1. The van der Waals surface area contributed by atoms with Gasteiger partial charge in [-0.3, -0.25) is 4.79 Å². The van der Waals surface area contributed by atoms with Crippen LogP contribution in [0.3, 0.4) is 0 Å². The molecule has 128 valence electrons. The predicted octanol–water partition coefficient (Wildman–Crippen LogP) is 5.03. The van der Waals surface area contributed by atoms with Crippen LogP contribution in [-0.4, -0.2) is 19.6 Å². The standard InChI is InChI=1S/C19H22ClNO2S/c1-13(2)11-21-19(22)14-4-9-18(23-3)15(10-14)12-24-17-7-5-16(20)6-8-17/h4-10,13H,11-12H2,1-3H3,(H,21,22). The topological polar surface area (TPSA) is 38.3 Å². The number of amides is 1. The van der Waals surface area contributed by atoms with Crippen molar-refractivity contribution in [1.82, 2.24) is 5.32 Å². The molecule has 0 fully saturated rings. The number of thioether (sulfide) groups is 1. The molecule has 0 atom stereocenters. The summed E-state index contributed by atoms with van der Waals surface area (Å²) in [4.78, 5) is 13.4. The van der Waals surface area contributed by atoms with E-state index in [2.05, 4.69) is 19.2 Å². The van der Waals surface area contributed by atoms with Gasteiger partial charge in [0.15, 0.2) is 0 Å². The Kier molecular flexibility index (Phi) is 7.00. The third-order valence-corrected chi connectivity index (χ3v) is 4.73. The average Bonchev–Trinajstić information content (AvgIpc) is 2.58. The quantitative estimate of drug-likeness (QED) is 0.701. The van der Waals surface area contributed by atoms with Gasteiger partial charge < -0.3 is 10.1 Å². The molecular formula is C19H22ClNO2S. The van der Waals surface area contributed by atoms with Gasteiger partial charge in [0.1, 0.15) is 5.75 Å². The summed E-state index contributed by atoms with van der Waals surface area (Å²) >= 11 is 7.59. The van der Waals surface area contributed by atoms with Gasteiger partial charge in [0.25, 0.3) is 5.91 Å². The fourth-order valence-corrected chi connectivity index (χ4v) is 3.13. The highest BCUT2D eigenvalue weighted by Gasteiger charge is 2.11. The maximum absolute atomic E-state index is 12.2. The first kappa shape index (κ1) is 18.7. The van der Waals surface area contributed by atoms with Crippen LogP contribution in [0.4, 0.5) is 0 Å². The van der Waals surface area contributed by atoms with Crippen molar-refractivity contribution in [3.8, 4) is 5.75 Å². The molecule has 0 bridgehead atoms. The average molecular weight is 364 g/mol. The van der Waals surface area contributed by atoms with Crippen molar-refractivity contribution >= 4 is 29.3 Å². The normalized spacial score (nSPS) is 10.7. The highest BCUT2D eigenvalue weighted by molar-refractivity contribution is 7.98. The van der Waals surface area contributed by atoms with Crippen LogP contribution in [0.1, 0.15) is 29.8 Å². The number of halogens is 1. The lowest BCUT2D eigenvalue weighted by atomic mass is 10.1. The molecule has 24 heavy (non-hydrogen) atoms. The number of carbonyl (C=O) groups is 1. The van der Waals surface area contributed by atoms with Gasteiger partial charge in [-0.25, -0.2) is 0 Å². The monoisotopic (exact) mass is 363 g/mol. The molecule has 0 spiro atoms. The molecule has 0 aliphatic heterocycles. The maximum Gasteiger partial charge on any atom is 0.251 e. The highest BCUT2D eigenvalue weighted by atomic mass is 35.5. The molecule has 5 heteroatoms. The first-order valence-corrected chi connectivity index (χ1v) is 9.19. The largest absolute Gasteiger partial charge is 0.496 e. The minimum Gasteiger partial charge on any atom is -0.496 e. The van der Waals surface area contributed by atoms with E-state index in [0.717, 1.165) is 27.0 Å². The fourth-order valence-electron chi connectivity index (χ4n) is 2.12. The second-order valence-corrected chi connectivity index (χ2v) is 7.36. The van der Waals surface area contributed by atoms with Crippen molar-refractivity contribution in [2.45, 2.75) is 24.5 Å². The van der Waals surface area contributed by atoms with Crippen LogP contribution >= 0.6 is 23.4 Å². The third kappa shape index (κ3) is 5.46. The van der Waals surface area contributed by atoms with Crippen molar-refractivity contribution < 1.29 is 9.53 Å². The molecule has 3 nitrogen and oxygen atoms in total. The second-order valence-electron chi connectivity index (χ2n) is 5.87. The summed E-state index contributed by atoms with van der Waals surface area (Å²) in [6.07, 6.45) is 0. The molecule has 0 aliphatic carbocycles. The number of benzene rings is 2. The molecule has 0 aromatic heterocycles. The SMILES string of the molecule is COc1ccc(C(=O)NCC(C)C)cc1CSc1ccc(Cl)cc1. The molecule has 0 unspecified atom stereocenters. The van der Waals surface area contributed by atoms with Crippen LogP contribution in [0.25, 0.3) is 0 Å². The third-order valence-electron chi connectivity index (χ3n) is 3.42.